The summed E-state index contributed by atoms with van der Waals surface area (Å²) in [5, 5.41) is 9.96. The number of nitrogens with zero attached hydrogens (tertiary/aromatic N) is 1. The second kappa shape index (κ2) is 6.09. The standard InChI is InChI=1S/C22H14ClNOS/c23-14-6-8-20-17(11-14)22-18(12-26-20)21-15-4-2-1-3-13(15)5-7-16(21)19(25-22)9-10-24/h1-4,6,8-9,11H,5,7,12H2/b19-9-. The SMILES string of the molecule is N#C/C=C1\OC2=C(CSc3ccc(Cl)cc32)C2=C1CCc1ccccc12. The third-order valence-electron chi connectivity index (χ3n) is 5.07. The zero-order chi connectivity index (χ0) is 17.7. The first-order chi connectivity index (χ1) is 12.8. The van der Waals surface area contributed by atoms with Gasteiger partial charge in [-0.2, -0.15) is 5.26 Å². The lowest BCUT2D eigenvalue weighted by Gasteiger charge is -2.35. The first kappa shape index (κ1) is 15.8. The number of nitriles is 1. The van der Waals surface area contributed by atoms with Crippen molar-refractivity contribution < 1.29 is 4.74 Å². The van der Waals surface area contributed by atoms with E-state index in [4.69, 9.17) is 16.3 Å². The Bertz CT molecular complexity index is 1090. The van der Waals surface area contributed by atoms with Gasteiger partial charge in [-0.05, 0) is 47.7 Å². The Morgan fingerprint density at radius 3 is 2.85 bits per heavy atom. The highest BCUT2D eigenvalue weighted by atomic mass is 35.5. The number of fused-ring (bicyclic) bond motifs is 5. The number of thioether (sulfide) groups is 1. The van der Waals surface area contributed by atoms with Crippen LogP contribution in [0.15, 0.2) is 70.3 Å². The van der Waals surface area contributed by atoms with E-state index in [2.05, 4.69) is 30.3 Å². The molecule has 0 bridgehead atoms. The average molecular weight is 376 g/mol. The average Bonchev–Trinajstić information content (AvgIpc) is 2.67. The molecule has 3 aliphatic rings. The summed E-state index contributed by atoms with van der Waals surface area (Å²) < 4.78 is 6.29. The molecule has 0 saturated carbocycles. The van der Waals surface area contributed by atoms with Crippen LogP contribution in [0.4, 0.5) is 0 Å². The molecule has 2 heterocycles. The van der Waals surface area contributed by atoms with Crippen molar-refractivity contribution in [2.24, 2.45) is 0 Å². The van der Waals surface area contributed by atoms with Crippen LogP contribution in [-0.4, -0.2) is 5.75 Å². The Labute approximate surface area is 161 Å². The van der Waals surface area contributed by atoms with Crippen LogP contribution in [0.25, 0.3) is 11.3 Å². The summed E-state index contributed by atoms with van der Waals surface area (Å²) >= 11 is 8.07. The topological polar surface area (TPSA) is 33.0 Å². The molecule has 26 heavy (non-hydrogen) atoms. The number of ether oxygens (including phenoxy) is 1. The highest BCUT2D eigenvalue weighted by molar-refractivity contribution is 7.99. The van der Waals surface area contributed by atoms with Crippen molar-refractivity contribution in [1.29, 1.82) is 5.26 Å². The Kier molecular flexibility index (Phi) is 3.70. The minimum absolute atomic E-state index is 0.675. The summed E-state index contributed by atoms with van der Waals surface area (Å²) in [4.78, 5) is 1.16. The van der Waals surface area contributed by atoms with E-state index in [9.17, 15) is 5.26 Å². The van der Waals surface area contributed by atoms with Gasteiger partial charge in [0, 0.05) is 32.4 Å². The van der Waals surface area contributed by atoms with Gasteiger partial charge in [-0.1, -0.05) is 35.9 Å². The van der Waals surface area contributed by atoms with Crippen LogP contribution in [0.1, 0.15) is 23.1 Å². The van der Waals surface area contributed by atoms with Crippen LogP contribution in [0.5, 0.6) is 0 Å². The molecule has 2 nitrogen and oxygen atoms in total. The molecule has 0 fully saturated rings. The van der Waals surface area contributed by atoms with Crippen molar-refractivity contribution in [2.45, 2.75) is 17.7 Å². The van der Waals surface area contributed by atoms with Gasteiger partial charge in [0.15, 0.2) is 0 Å². The molecule has 0 saturated heterocycles. The van der Waals surface area contributed by atoms with Crippen molar-refractivity contribution in [3.8, 4) is 6.07 Å². The Balaban J connectivity index is 1.81. The molecule has 0 aromatic heterocycles. The number of halogens is 1. The maximum absolute atomic E-state index is 9.27. The second-order valence-corrected chi connectivity index (χ2v) is 7.94. The highest BCUT2D eigenvalue weighted by Crippen LogP contribution is 2.51. The van der Waals surface area contributed by atoms with Crippen molar-refractivity contribution in [3.63, 3.8) is 0 Å². The molecule has 0 unspecified atom stereocenters. The lowest BCUT2D eigenvalue weighted by Crippen LogP contribution is -2.18. The number of benzene rings is 2. The van der Waals surface area contributed by atoms with Crippen molar-refractivity contribution in [2.75, 3.05) is 5.75 Å². The molecule has 126 valence electrons. The Hall–Kier alpha value is -2.41. The zero-order valence-electron chi connectivity index (χ0n) is 13.9. The predicted molar refractivity (Wildman–Crippen MR) is 106 cm³/mol. The first-order valence-electron chi connectivity index (χ1n) is 8.52. The van der Waals surface area contributed by atoms with Gasteiger partial charge in [0.25, 0.3) is 0 Å². The minimum atomic E-state index is 0.675. The molecule has 2 aromatic carbocycles. The van der Waals surface area contributed by atoms with E-state index in [1.165, 1.54) is 28.3 Å². The van der Waals surface area contributed by atoms with Gasteiger partial charge in [0.2, 0.25) is 0 Å². The molecule has 2 aromatic rings. The summed E-state index contributed by atoms with van der Waals surface area (Å²) in [6.07, 6.45) is 3.39. The molecule has 0 spiro atoms. The van der Waals surface area contributed by atoms with E-state index >= 15 is 0 Å². The molecule has 0 amide bonds. The van der Waals surface area contributed by atoms with Gasteiger partial charge in [-0.15, -0.1) is 11.8 Å². The number of aryl methyl sites for hydroxylation is 1. The molecule has 2 aliphatic heterocycles. The second-order valence-electron chi connectivity index (χ2n) is 6.49. The number of allylic oxidation sites excluding steroid dienone is 3. The van der Waals surface area contributed by atoms with E-state index in [1.807, 2.05) is 30.0 Å². The van der Waals surface area contributed by atoms with Gasteiger partial charge in [-0.3, -0.25) is 0 Å². The van der Waals surface area contributed by atoms with Crippen molar-refractivity contribution in [3.05, 3.63) is 87.2 Å². The van der Waals surface area contributed by atoms with Crippen LogP contribution in [0.2, 0.25) is 5.02 Å². The molecule has 1 aliphatic carbocycles. The van der Waals surface area contributed by atoms with Gasteiger partial charge in [-0.25, -0.2) is 0 Å². The van der Waals surface area contributed by atoms with E-state index in [-0.39, 0.29) is 0 Å². The minimum Gasteiger partial charge on any atom is -0.455 e. The Morgan fingerprint density at radius 1 is 1.08 bits per heavy atom. The molecular formula is C22H14ClNOS. The number of rotatable bonds is 0. The van der Waals surface area contributed by atoms with Gasteiger partial charge >= 0.3 is 0 Å². The smallest absolute Gasteiger partial charge is 0.141 e. The van der Waals surface area contributed by atoms with Crippen LogP contribution in [-0.2, 0) is 11.2 Å². The molecule has 0 N–H and O–H groups in total. The summed E-state index contributed by atoms with van der Waals surface area (Å²) in [7, 11) is 0. The van der Waals surface area contributed by atoms with E-state index in [1.54, 1.807) is 0 Å². The third kappa shape index (κ3) is 2.34. The van der Waals surface area contributed by atoms with E-state index in [0.717, 1.165) is 40.4 Å². The monoisotopic (exact) mass is 375 g/mol. The predicted octanol–water partition coefficient (Wildman–Crippen LogP) is 5.99. The highest BCUT2D eigenvalue weighted by Gasteiger charge is 2.34. The lowest BCUT2D eigenvalue weighted by atomic mass is 9.79. The summed E-state index contributed by atoms with van der Waals surface area (Å²) in [6, 6.07) is 16.6. The van der Waals surface area contributed by atoms with Gasteiger partial charge in [0.05, 0.1) is 12.1 Å². The zero-order valence-corrected chi connectivity index (χ0v) is 15.5. The Morgan fingerprint density at radius 2 is 1.96 bits per heavy atom. The van der Waals surface area contributed by atoms with Gasteiger partial charge < -0.3 is 4.74 Å². The lowest BCUT2D eigenvalue weighted by molar-refractivity contribution is 0.381. The van der Waals surface area contributed by atoms with Crippen LogP contribution in [0.3, 0.4) is 0 Å². The van der Waals surface area contributed by atoms with Crippen LogP contribution >= 0.6 is 23.4 Å². The summed E-state index contributed by atoms with van der Waals surface area (Å²) in [5.41, 5.74) is 7.24. The fourth-order valence-electron chi connectivity index (χ4n) is 3.95. The summed E-state index contributed by atoms with van der Waals surface area (Å²) in [5.74, 6) is 2.38. The fourth-order valence-corrected chi connectivity index (χ4v) is 5.17. The molecule has 0 atom stereocenters. The maximum Gasteiger partial charge on any atom is 0.141 e. The maximum atomic E-state index is 9.27. The normalized spacial score (nSPS) is 19.2. The van der Waals surface area contributed by atoms with Crippen molar-refractivity contribution >= 4 is 34.7 Å². The first-order valence-corrected chi connectivity index (χ1v) is 9.88. The van der Waals surface area contributed by atoms with Gasteiger partial charge in [0.1, 0.15) is 11.5 Å². The molecular weight excluding hydrogens is 362 g/mol. The quantitative estimate of drug-likeness (QED) is 0.530. The summed E-state index contributed by atoms with van der Waals surface area (Å²) in [6.45, 7) is 0. The molecule has 5 rings (SSSR count). The number of hydrogen-bond donors (Lipinski definition) is 0. The van der Waals surface area contributed by atoms with E-state index in [0.29, 0.717) is 10.8 Å². The molecule has 0 radical (unpaired) electrons. The van der Waals surface area contributed by atoms with Crippen molar-refractivity contribution in [1.82, 2.24) is 0 Å². The molecule has 4 heteroatoms. The largest absolute Gasteiger partial charge is 0.455 e. The van der Waals surface area contributed by atoms with Crippen LogP contribution < -0.4 is 0 Å². The number of hydrogen-bond acceptors (Lipinski definition) is 3. The van der Waals surface area contributed by atoms with Crippen LogP contribution in [0, 0.1) is 11.3 Å². The van der Waals surface area contributed by atoms with E-state index < -0.39 is 0 Å². The fraction of sp³-hybridized carbons (Fsp3) is 0.136. The third-order valence-corrected chi connectivity index (χ3v) is 6.41.